The number of benzene rings is 2. The van der Waals surface area contributed by atoms with Crippen LogP contribution in [0.15, 0.2) is 85.2 Å². The summed E-state index contributed by atoms with van der Waals surface area (Å²) in [6.07, 6.45) is 5.24. The van der Waals surface area contributed by atoms with Crippen molar-refractivity contribution in [2.24, 2.45) is 0 Å². The summed E-state index contributed by atoms with van der Waals surface area (Å²) >= 11 is 0. The van der Waals surface area contributed by atoms with Crippen molar-refractivity contribution < 1.29 is 9.53 Å². The van der Waals surface area contributed by atoms with E-state index in [0.717, 1.165) is 27.7 Å². The Hall–Kier alpha value is -3.99. The number of para-hydroxylation sites is 1. The minimum Gasteiger partial charge on any atom is -0.487 e. The number of ether oxygens (including phenoxy) is 1. The van der Waals surface area contributed by atoms with E-state index < -0.39 is 0 Å². The molecule has 1 N–H and O–H groups in total. The SMILES string of the molecule is CNC(=O)/C(=C/c1ccncc1)c1ccc(OCc2ccc3ccccc3n2)cc1. The molecule has 0 aliphatic carbocycles. The number of hydrogen-bond acceptors (Lipinski definition) is 4. The number of carbonyl (C=O) groups excluding carboxylic acids is 1. The Morgan fingerprint density at radius 2 is 1.73 bits per heavy atom. The Kier molecular flexibility index (Phi) is 5.80. The minimum atomic E-state index is -0.152. The van der Waals surface area contributed by atoms with Crippen molar-refractivity contribution in [3.8, 4) is 5.75 Å². The molecule has 5 nitrogen and oxygen atoms in total. The summed E-state index contributed by atoms with van der Waals surface area (Å²) < 4.78 is 5.89. The lowest BCUT2D eigenvalue weighted by Gasteiger charge is -2.10. The molecule has 1 amide bonds. The van der Waals surface area contributed by atoms with Gasteiger partial charge >= 0.3 is 0 Å². The Balaban J connectivity index is 1.50. The van der Waals surface area contributed by atoms with Gasteiger partial charge in [-0.15, -0.1) is 0 Å². The normalized spacial score (nSPS) is 11.3. The molecule has 0 aliphatic heterocycles. The summed E-state index contributed by atoms with van der Waals surface area (Å²) in [5.74, 6) is 0.565. The van der Waals surface area contributed by atoms with Crippen LogP contribution >= 0.6 is 0 Å². The zero-order chi connectivity index (χ0) is 20.8. The zero-order valence-corrected chi connectivity index (χ0v) is 16.6. The third kappa shape index (κ3) is 4.52. The highest BCUT2D eigenvalue weighted by Gasteiger charge is 2.11. The maximum atomic E-state index is 12.4. The Bertz CT molecular complexity index is 1190. The van der Waals surface area contributed by atoms with Gasteiger partial charge in [0, 0.05) is 30.4 Å². The van der Waals surface area contributed by atoms with Crippen molar-refractivity contribution >= 4 is 28.5 Å². The number of amides is 1. The molecule has 4 aromatic rings. The molecular weight excluding hydrogens is 374 g/mol. The predicted molar refractivity (Wildman–Crippen MR) is 119 cm³/mol. The van der Waals surface area contributed by atoms with Crippen molar-refractivity contribution in [3.05, 3.63) is 102 Å². The minimum absolute atomic E-state index is 0.152. The number of nitrogens with one attached hydrogen (secondary N) is 1. The molecule has 0 spiro atoms. The second-order valence-electron chi connectivity index (χ2n) is 6.73. The number of aromatic nitrogens is 2. The standard InChI is InChI=1S/C25H21N3O2/c1-26-25(29)23(16-18-12-14-27-15-13-18)19-7-10-22(11-8-19)30-17-21-9-6-20-4-2-3-5-24(20)28-21/h2-16H,17H2,1H3,(H,26,29)/b23-16+. The van der Waals surface area contributed by atoms with Crippen LogP contribution in [-0.4, -0.2) is 22.9 Å². The summed E-state index contributed by atoms with van der Waals surface area (Å²) in [4.78, 5) is 21.0. The first-order valence-corrected chi connectivity index (χ1v) is 9.64. The molecule has 0 saturated carbocycles. The highest BCUT2D eigenvalue weighted by Crippen LogP contribution is 2.22. The van der Waals surface area contributed by atoms with Crippen LogP contribution in [0.1, 0.15) is 16.8 Å². The molecule has 0 unspecified atom stereocenters. The predicted octanol–water partition coefficient (Wildman–Crippen LogP) is 4.50. The van der Waals surface area contributed by atoms with Crippen molar-refractivity contribution in [2.75, 3.05) is 7.05 Å². The number of fused-ring (bicyclic) bond motifs is 1. The van der Waals surface area contributed by atoms with Crippen molar-refractivity contribution in [1.29, 1.82) is 0 Å². The third-order valence-electron chi connectivity index (χ3n) is 4.70. The highest BCUT2D eigenvalue weighted by atomic mass is 16.5. The molecule has 2 heterocycles. The van der Waals surface area contributed by atoms with E-state index in [9.17, 15) is 4.79 Å². The van der Waals surface area contributed by atoms with E-state index in [-0.39, 0.29) is 5.91 Å². The first-order valence-electron chi connectivity index (χ1n) is 9.64. The van der Waals surface area contributed by atoms with E-state index in [1.54, 1.807) is 19.4 Å². The van der Waals surface area contributed by atoms with Crippen LogP contribution in [0.4, 0.5) is 0 Å². The molecule has 5 heteroatoms. The van der Waals surface area contributed by atoms with Crippen LogP contribution in [-0.2, 0) is 11.4 Å². The molecule has 0 aliphatic rings. The molecule has 30 heavy (non-hydrogen) atoms. The van der Waals surface area contributed by atoms with Crippen molar-refractivity contribution in [3.63, 3.8) is 0 Å². The quantitative estimate of drug-likeness (QED) is 0.489. The monoisotopic (exact) mass is 395 g/mol. The topological polar surface area (TPSA) is 64.1 Å². The van der Waals surface area contributed by atoms with Gasteiger partial charge < -0.3 is 10.1 Å². The highest BCUT2D eigenvalue weighted by molar-refractivity contribution is 6.24. The summed E-state index contributed by atoms with van der Waals surface area (Å²) in [6.45, 7) is 0.374. The van der Waals surface area contributed by atoms with Gasteiger partial charge in [-0.05, 0) is 53.6 Å². The van der Waals surface area contributed by atoms with Crippen LogP contribution in [0.5, 0.6) is 5.75 Å². The van der Waals surface area contributed by atoms with Gasteiger partial charge in [-0.1, -0.05) is 36.4 Å². The second kappa shape index (κ2) is 9.01. The average Bonchev–Trinajstić information content (AvgIpc) is 2.81. The number of nitrogens with zero attached hydrogens (tertiary/aromatic N) is 2. The first kappa shape index (κ1) is 19.3. The molecule has 0 bridgehead atoms. The molecule has 148 valence electrons. The first-order chi connectivity index (χ1) is 14.7. The van der Waals surface area contributed by atoms with Crippen LogP contribution in [0.3, 0.4) is 0 Å². The summed E-state index contributed by atoms with van der Waals surface area (Å²) in [7, 11) is 1.62. The number of rotatable bonds is 6. The number of likely N-dealkylation sites (N-methyl/N-ethyl adjacent to an activating group) is 1. The maximum Gasteiger partial charge on any atom is 0.251 e. The van der Waals surface area contributed by atoms with E-state index in [2.05, 4.69) is 15.3 Å². The smallest absolute Gasteiger partial charge is 0.251 e. The summed E-state index contributed by atoms with van der Waals surface area (Å²) in [6, 6.07) is 23.2. The number of carbonyl (C=O) groups is 1. The molecule has 2 aromatic heterocycles. The summed E-state index contributed by atoms with van der Waals surface area (Å²) in [5.41, 5.74) is 4.10. The average molecular weight is 395 g/mol. The van der Waals surface area contributed by atoms with E-state index in [1.165, 1.54) is 0 Å². The van der Waals surface area contributed by atoms with Gasteiger partial charge in [-0.25, -0.2) is 4.98 Å². The van der Waals surface area contributed by atoms with Gasteiger partial charge in [0.05, 0.1) is 11.2 Å². The van der Waals surface area contributed by atoms with E-state index in [1.807, 2.05) is 78.9 Å². The van der Waals surface area contributed by atoms with Gasteiger partial charge in [0.2, 0.25) is 0 Å². The van der Waals surface area contributed by atoms with Crippen molar-refractivity contribution in [1.82, 2.24) is 15.3 Å². The second-order valence-corrected chi connectivity index (χ2v) is 6.73. The fourth-order valence-corrected chi connectivity index (χ4v) is 3.12. The van der Waals surface area contributed by atoms with Crippen LogP contribution in [0.25, 0.3) is 22.6 Å². The Morgan fingerprint density at radius 1 is 0.967 bits per heavy atom. The van der Waals surface area contributed by atoms with Crippen molar-refractivity contribution in [2.45, 2.75) is 6.61 Å². The zero-order valence-electron chi connectivity index (χ0n) is 16.6. The molecule has 2 aromatic carbocycles. The van der Waals surface area contributed by atoms with Crippen LogP contribution < -0.4 is 10.1 Å². The largest absolute Gasteiger partial charge is 0.487 e. The maximum absolute atomic E-state index is 12.4. The molecule has 0 saturated heterocycles. The van der Waals surface area contributed by atoms with E-state index in [0.29, 0.717) is 17.9 Å². The Morgan fingerprint density at radius 3 is 2.50 bits per heavy atom. The Labute approximate surface area is 175 Å². The molecule has 0 radical (unpaired) electrons. The number of pyridine rings is 2. The van der Waals surface area contributed by atoms with Gasteiger partial charge in [-0.3, -0.25) is 9.78 Å². The van der Waals surface area contributed by atoms with Gasteiger partial charge in [0.15, 0.2) is 0 Å². The number of hydrogen-bond donors (Lipinski definition) is 1. The summed E-state index contributed by atoms with van der Waals surface area (Å²) in [5, 5.41) is 3.80. The fraction of sp³-hybridized carbons (Fsp3) is 0.0800. The lowest BCUT2D eigenvalue weighted by atomic mass is 10.0. The van der Waals surface area contributed by atoms with E-state index in [4.69, 9.17) is 4.74 Å². The van der Waals surface area contributed by atoms with Crippen LogP contribution in [0, 0.1) is 0 Å². The third-order valence-corrected chi connectivity index (χ3v) is 4.70. The molecule has 0 atom stereocenters. The fourth-order valence-electron chi connectivity index (χ4n) is 3.12. The van der Waals surface area contributed by atoms with Gasteiger partial charge in [-0.2, -0.15) is 0 Å². The van der Waals surface area contributed by atoms with Gasteiger partial charge in [0.25, 0.3) is 5.91 Å². The molecule has 0 fully saturated rings. The van der Waals surface area contributed by atoms with E-state index >= 15 is 0 Å². The lowest BCUT2D eigenvalue weighted by Crippen LogP contribution is -2.19. The molecule has 4 rings (SSSR count). The van der Waals surface area contributed by atoms with Gasteiger partial charge in [0.1, 0.15) is 12.4 Å². The lowest BCUT2D eigenvalue weighted by molar-refractivity contribution is -0.115. The van der Waals surface area contributed by atoms with Crippen LogP contribution in [0.2, 0.25) is 0 Å². The molecular formula is C25H21N3O2.